The maximum absolute atomic E-state index is 11.7. The monoisotopic (exact) mass is 267 g/mol. The topological polar surface area (TPSA) is 66.4 Å². The highest BCUT2D eigenvalue weighted by Gasteiger charge is 2.12. The number of hydrogen-bond donors (Lipinski definition) is 2. The average Bonchev–Trinajstić information content (AvgIpc) is 2.35. The Morgan fingerprint density at radius 1 is 1.22 bits per heavy atom. The number of halogens is 1. The van der Waals surface area contributed by atoms with E-state index >= 15 is 0 Å². The van der Waals surface area contributed by atoms with Gasteiger partial charge in [-0.1, -0.05) is 29.8 Å². The van der Waals surface area contributed by atoms with E-state index < -0.39 is 11.9 Å². The number of carboxylic acids is 1. The summed E-state index contributed by atoms with van der Waals surface area (Å²) in [7, 11) is 0. The zero-order valence-electron chi connectivity index (χ0n) is 10.2. The minimum atomic E-state index is -1.10. The van der Waals surface area contributed by atoms with Gasteiger partial charge in [0.05, 0.1) is 0 Å². The van der Waals surface area contributed by atoms with Crippen LogP contribution in [0.2, 0.25) is 5.02 Å². The maximum atomic E-state index is 11.7. The van der Waals surface area contributed by atoms with Crippen molar-refractivity contribution >= 4 is 23.5 Å². The van der Waals surface area contributed by atoms with E-state index in [-0.39, 0.29) is 17.7 Å². The number of carbonyl (C=O) groups excluding carboxylic acids is 1. The average molecular weight is 268 g/mol. The second-order valence-corrected chi connectivity index (χ2v) is 4.24. The van der Waals surface area contributed by atoms with Crippen molar-refractivity contribution in [2.45, 2.75) is 20.4 Å². The molecule has 1 aromatic rings. The third kappa shape index (κ3) is 3.60. The molecule has 1 aromatic carbocycles. The van der Waals surface area contributed by atoms with Crippen molar-refractivity contribution in [1.29, 1.82) is 0 Å². The van der Waals surface area contributed by atoms with Crippen LogP contribution in [0.15, 0.2) is 35.4 Å². The smallest absolute Gasteiger partial charge is 0.331 e. The molecule has 0 radical (unpaired) electrons. The van der Waals surface area contributed by atoms with Crippen LogP contribution in [0.1, 0.15) is 19.4 Å². The molecule has 0 aliphatic carbocycles. The van der Waals surface area contributed by atoms with Crippen molar-refractivity contribution in [3.8, 4) is 0 Å². The molecule has 0 aromatic heterocycles. The van der Waals surface area contributed by atoms with Crippen LogP contribution in [-0.4, -0.2) is 17.0 Å². The molecule has 0 unspecified atom stereocenters. The lowest BCUT2D eigenvalue weighted by Crippen LogP contribution is -2.25. The molecule has 4 nitrogen and oxygen atoms in total. The molecule has 0 bridgehead atoms. The molecule has 5 heteroatoms. The fourth-order valence-corrected chi connectivity index (χ4v) is 1.48. The first-order valence-corrected chi connectivity index (χ1v) is 5.73. The molecule has 0 atom stereocenters. The van der Waals surface area contributed by atoms with Gasteiger partial charge in [-0.15, -0.1) is 0 Å². The Bertz CT molecular complexity index is 509. The summed E-state index contributed by atoms with van der Waals surface area (Å²) >= 11 is 5.94. The summed E-state index contributed by atoms with van der Waals surface area (Å²) in [6, 6.07) is 7.14. The number of carbonyl (C=O) groups is 2. The van der Waals surface area contributed by atoms with Crippen molar-refractivity contribution in [2.24, 2.45) is 0 Å². The Balaban J connectivity index is 2.71. The molecule has 0 fully saturated rings. The third-order valence-electron chi connectivity index (χ3n) is 2.62. The number of carboxylic acid groups (broad SMARTS) is 1. The van der Waals surface area contributed by atoms with Crippen molar-refractivity contribution in [3.05, 3.63) is 46.0 Å². The lowest BCUT2D eigenvalue weighted by atomic mass is 10.1. The molecule has 0 saturated heterocycles. The zero-order chi connectivity index (χ0) is 13.7. The van der Waals surface area contributed by atoms with Gasteiger partial charge in [0.2, 0.25) is 5.91 Å². The summed E-state index contributed by atoms with van der Waals surface area (Å²) < 4.78 is 0. The van der Waals surface area contributed by atoms with Crippen LogP contribution < -0.4 is 5.32 Å². The highest BCUT2D eigenvalue weighted by molar-refractivity contribution is 6.31. The van der Waals surface area contributed by atoms with E-state index in [2.05, 4.69) is 5.32 Å². The fourth-order valence-electron chi connectivity index (χ4n) is 1.28. The van der Waals surface area contributed by atoms with Crippen molar-refractivity contribution in [1.82, 2.24) is 5.32 Å². The van der Waals surface area contributed by atoms with Gasteiger partial charge in [0.25, 0.3) is 0 Å². The molecule has 0 aliphatic heterocycles. The summed E-state index contributed by atoms with van der Waals surface area (Å²) in [5.74, 6) is -1.50. The van der Waals surface area contributed by atoms with Gasteiger partial charge >= 0.3 is 5.97 Å². The fraction of sp³-hybridized carbons (Fsp3) is 0.231. The first kappa shape index (κ1) is 14.3. The Morgan fingerprint density at radius 3 is 2.39 bits per heavy atom. The molecule has 1 amide bonds. The molecule has 18 heavy (non-hydrogen) atoms. The largest absolute Gasteiger partial charge is 0.478 e. The van der Waals surface area contributed by atoms with Crippen molar-refractivity contribution in [2.75, 3.05) is 0 Å². The summed E-state index contributed by atoms with van der Waals surface area (Å²) in [5.41, 5.74) is 1.01. The third-order valence-corrected chi connectivity index (χ3v) is 2.99. The highest BCUT2D eigenvalue weighted by Crippen LogP contribution is 2.14. The molecule has 0 saturated carbocycles. The van der Waals surface area contributed by atoms with Gasteiger partial charge in [-0.2, -0.15) is 0 Å². The number of nitrogens with one attached hydrogen (secondary N) is 1. The summed E-state index contributed by atoms with van der Waals surface area (Å²) in [6.07, 6.45) is 0. The summed E-state index contributed by atoms with van der Waals surface area (Å²) in [4.78, 5) is 22.4. The Hall–Kier alpha value is -1.81. The van der Waals surface area contributed by atoms with Crippen molar-refractivity contribution in [3.63, 3.8) is 0 Å². The zero-order valence-corrected chi connectivity index (χ0v) is 10.9. The van der Waals surface area contributed by atoms with Crippen molar-refractivity contribution < 1.29 is 14.7 Å². The molecular weight excluding hydrogens is 254 g/mol. The lowest BCUT2D eigenvalue weighted by molar-refractivity contribution is -0.133. The van der Waals surface area contributed by atoms with Crippen LogP contribution in [0.5, 0.6) is 0 Å². The molecule has 1 rings (SSSR count). The Kier molecular flexibility index (Phi) is 4.92. The SMILES string of the molecule is CC(C(=O)O)=C(C)C(=O)NCc1ccccc1Cl. The van der Waals surface area contributed by atoms with E-state index in [1.807, 2.05) is 6.07 Å². The molecule has 0 aliphatic rings. The number of aliphatic carboxylic acids is 1. The number of rotatable bonds is 4. The van der Waals surface area contributed by atoms with Gasteiger partial charge in [-0.25, -0.2) is 4.79 Å². The van der Waals surface area contributed by atoms with Gasteiger partial charge in [-0.05, 0) is 25.5 Å². The predicted molar refractivity (Wildman–Crippen MR) is 69.3 cm³/mol. The maximum Gasteiger partial charge on any atom is 0.331 e. The quantitative estimate of drug-likeness (QED) is 0.823. The van der Waals surface area contributed by atoms with Gasteiger partial charge in [-0.3, -0.25) is 4.79 Å². The first-order chi connectivity index (χ1) is 8.43. The Labute approximate surface area is 110 Å². The summed E-state index contributed by atoms with van der Waals surface area (Å²) in [6.45, 7) is 3.14. The normalized spacial score (nSPS) is 11.7. The second-order valence-electron chi connectivity index (χ2n) is 3.83. The standard InChI is InChI=1S/C13H14ClNO3/c1-8(9(2)13(17)18)12(16)15-7-10-5-3-4-6-11(10)14/h3-6H,7H2,1-2H3,(H,15,16)(H,17,18). The van der Waals surface area contributed by atoms with E-state index in [9.17, 15) is 9.59 Å². The van der Waals surface area contributed by atoms with Gasteiger partial charge in [0.1, 0.15) is 0 Å². The molecule has 2 N–H and O–H groups in total. The molecule has 0 spiro atoms. The van der Waals surface area contributed by atoms with Crippen LogP contribution in [0.3, 0.4) is 0 Å². The van der Waals surface area contributed by atoms with E-state index in [0.717, 1.165) is 5.56 Å². The van der Waals surface area contributed by atoms with Gasteiger partial charge in [0, 0.05) is 22.7 Å². The van der Waals surface area contributed by atoms with Gasteiger partial charge in [0.15, 0.2) is 0 Å². The summed E-state index contributed by atoms with van der Waals surface area (Å²) in [5, 5.41) is 12.0. The van der Waals surface area contributed by atoms with Crippen LogP contribution in [0.4, 0.5) is 0 Å². The minimum absolute atomic E-state index is 0.0339. The van der Waals surface area contributed by atoms with Gasteiger partial charge < -0.3 is 10.4 Å². The van der Waals surface area contributed by atoms with Crippen LogP contribution >= 0.6 is 11.6 Å². The number of hydrogen-bond acceptors (Lipinski definition) is 2. The van der Waals surface area contributed by atoms with E-state index in [0.29, 0.717) is 5.02 Å². The molecular formula is C13H14ClNO3. The lowest BCUT2D eigenvalue weighted by Gasteiger charge is -2.08. The predicted octanol–water partition coefficient (Wildman–Crippen LogP) is 2.38. The number of amides is 1. The van der Waals surface area contributed by atoms with E-state index in [4.69, 9.17) is 16.7 Å². The second kappa shape index (κ2) is 6.21. The first-order valence-electron chi connectivity index (χ1n) is 5.36. The van der Waals surface area contributed by atoms with Crippen LogP contribution in [-0.2, 0) is 16.1 Å². The molecule has 96 valence electrons. The van der Waals surface area contributed by atoms with Crippen LogP contribution in [0.25, 0.3) is 0 Å². The Morgan fingerprint density at radius 2 is 1.83 bits per heavy atom. The number of benzene rings is 1. The molecule has 0 heterocycles. The minimum Gasteiger partial charge on any atom is -0.478 e. The van der Waals surface area contributed by atoms with Crippen LogP contribution in [0, 0.1) is 0 Å². The highest BCUT2D eigenvalue weighted by atomic mass is 35.5. The van der Waals surface area contributed by atoms with E-state index in [1.54, 1.807) is 18.2 Å². The van der Waals surface area contributed by atoms with E-state index in [1.165, 1.54) is 13.8 Å².